The van der Waals surface area contributed by atoms with E-state index in [9.17, 15) is 18.0 Å². The van der Waals surface area contributed by atoms with Crippen LogP contribution in [0.4, 0.5) is 24.7 Å². The Hall–Kier alpha value is -3.31. The van der Waals surface area contributed by atoms with E-state index in [4.69, 9.17) is 4.74 Å². The molecule has 0 radical (unpaired) electrons. The first kappa shape index (κ1) is 20.0. The van der Waals surface area contributed by atoms with Gasteiger partial charge in [0.05, 0.1) is 18.4 Å². The third kappa shape index (κ3) is 4.16. The van der Waals surface area contributed by atoms with Crippen molar-refractivity contribution < 1.29 is 22.7 Å². The number of aromatic nitrogens is 4. The molecule has 0 aliphatic carbocycles. The Morgan fingerprint density at radius 2 is 1.93 bits per heavy atom. The third-order valence-corrected chi connectivity index (χ3v) is 4.51. The second-order valence-corrected chi connectivity index (χ2v) is 6.50. The monoisotopic (exact) mass is 418 g/mol. The molecule has 8 nitrogen and oxygen atoms in total. The molecule has 1 aromatic carbocycles. The maximum atomic E-state index is 13.1. The van der Waals surface area contributed by atoms with Crippen molar-refractivity contribution in [3.8, 4) is 0 Å². The first-order valence-electron chi connectivity index (χ1n) is 9.10. The molecule has 1 aliphatic heterocycles. The number of rotatable bonds is 4. The van der Waals surface area contributed by atoms with Gasteiger partial charge in [-0.1, -0.05) is 12.1 Å². The van der Waals surface area contributed by atoms with E-state index in [1.807, 2.05) is 0 Å². The lowest BCUT2D eigenvalue weighted by Gasteiger charge is -2.25. The molecule has 3 aromatic rings. The van der Waals surface area contributed by atoms with E-state index in [-0.39, 0.29) is 17.6 Å². The molecule has 0 saturated carbocycles. The third-order valence-electron chi connectivity index (χ3n) is 4.51. The number of nitrogens with one attached hydrogen (secondary N) is 2. The van der Waals surface area contributed by atoms with Crippen LogP contribution in [0.2, 0.25) is 0 Å². The minimum atomic E-state index is -4.74. The van der Waals surface area contributed by atoms with Crippen LogP contribution in [0.3, 0.4) is 0 Å². The standard InChI is InChI=1S/C19H17F3N6O2/c20-19(21,22)18-24-7-6-16(26-18)28(17(29)14-5-8-25-27-14)13-3-1-12(2-4-13)15-11-23-9-10-30-15/h1-8,15,23H,9-11H2,(H,25,27)/t15-/m1/s1. The number of carbonyl (C=O) groups is 1. The fourth-order valence-corrected chi connectivity index (χ4v) is 3.08. The summed E-state index contributed by atoms with van der Waals surface area (Å²) >= 11 is 0. The summed E-state index contributed by atoms with van der Waals surface area (Å²) in [7, 11) is 0. The zero-order chi connectivity index (χ0) is 21.1. The molecule has 1 fully saturated rings. The van der Waals surface area contributed by atoms with Gasteiger partial charge in [0.2, 0.25) is 5.82 Å². The van der Waals surface area contributed by atoms with Gasteiger partial charge in [-0.3, -0.25) is 14.8 Å². The number of anilines is 2. The summed E-state index contributed by atoms with van der Waals surface area (Å²) in [5.41, 5.74) is 1.33. The summed E-state index contributed by atoms with van der Waals surface area (Å²) in [6, 6.07) is 9.48. The molecule has 3 heterocycles. The van der Waals surface area contributed by atoms with Crippen LogP contribution in [0.25, 0.3) is 0 Å². The molecule has 0 bridgehead atoms. The maximum Gasteiger partial charge on any atom is 0.451 e. The Kier molecular flexibility index (Phi) is 5.46. The number of morpholine rings is 1. The van der Waals surface area contributed by atoms with Crippen molar-refractivity contribution >= 4 is 17.4 Å². The molecule has 1 atom stereocenters. The Balaban J connectivity index is 1.72. The average Bonchev–Trinajstić information content (AvgIpc) is 3.30. The van der Waals surface area contributed by atoms with Crippen molar-refractivity contribution in [1.82, 2.24) is 25.5 Å². The number of nitrogens with zero attached hydrogens (tertiary/aromatic N) is 4. The second-order valence-electron chi connectivity index (χ2n) is 6.50. The van der Waals surface area contributed by atoms with Gasteiger partial charge in [0.15, 0.2) is 0 Å². The Morgan fingerprint density at radius 1 is 1.13 bits per heavy atom. The van der Waals surface area contributed by atoms with E-state index < -0.39 is 17.9 Å². The van der Waals surface area contributed by atoms with Crippen molar-refractivity contribution in [3.63, 3.8) is 0 Å². The van der Waals surface area contributed by atoms with Gasteiger partial charge in [0.25, 0.3) is 5.91 Å². The highest BCUT2D eigenvalue weighted by atomic mass is 19.4. The van der Waals surface area contributed by atoms with Crippen LogP contribution in [0, 0.1) is 0 Å². The smallest absolute Gasteiger partial charge is 0.371 e. The van der Waals surface area contributed by atoms with Gasteiger partial charge in [0, 0.05) is 25.5 Å². The highest BCUT2D eigenvalue weighted by molar-refractivity contribution is 6.09. The Bertz CT molecular complexity index is 1000. The van der Waals surface area contributed by atoms with E-state index in [1.54, 1.807) is 24.3 Å². The number of H-pyrrole nitrogens is 1. The van der Waals surface area contributed by atoms with Gasteiger partial charge < -0.3 is 10.1 Å². The quantitative estimate of drug-likeness (QED) is 0.677. The lowest BCUT2D eigenvalue weighted by Crippen LogP contribution is -2.33. The molecule has 1 aliphatic rings. The molecular formula is C19H17F3N6O2. The Labute approximate surface area is 169 Å². The van der Waals surface area contributed by atoms with Crippen LogP contribution < -0.4 is 10.2 Å². The molecule has 156 valence electrons. The first-order valence-corrected chi connectivity index (χ1v) is 9.10. The van der Waals surface area contributed by atoms with Gasteiger partial charge in [-0.2, -0.15) is 18.3 Å². The fraction of sp³-hybridized carbons (Fsp3) is 0.263. The lowest BCUT2D eigenvalue weighted by atomic mass is 10.1. The molecule has 2 aromatic heterocycles. The molecule has 0 unspecified atom stereocenters. The molecule has 0 spiro atoms. The molecular weight excluding hydrogens is 401 g/mol. The SMILES string of the molecule is O=C(c1ccn[nH]1)N(c1ccc([C@H]2CNCCO2)cc1)c1ccnc(C(F)(F)F)n1. The van der Waals surface area contributed by atoms with Crippen molar-refractivity contribution in [1.29, 1.82) is 0 Å². The van der Waals surface area contributed by atoms with Crippen molar-refractivity contribution in [2.24, 2.45) is 0 Å². The molecule has 30 heavy (non-hydrogen) atoms. The van der Waals surface area contributed by atoms with E-state index in [1.165, 1.54) is 18.3 Å². The summed E-state index contributed by atoms with van der Waals surface area (Å²) in [5, 5.41) is 9.50. The predicted molar refractivity (Wildman–Crippen MR) is 100 cm³/mol. The number of benzene rings is 1. The second kappa shape index (κ2) is 8.20. The highest BCUT2D eigenvalue weighted by Crippen LogP contribution is 2.31. The molecule has 2 N–H and O–H groups in total. The number of ether oxygens (including phenoxy) is 1. The lowest BCUT2D eigenvalue weighted by molar-refractivity contribution is -0.144. The zero-order valence-electron chi connectivity index (χ0n) is 15.6. The van der Waals surface area contributed by atoms with Gasteiger partial charge in [-0.15, -0.1) is 0 Å². The minimum Gasteiger partial charge on any atom is -0.371 e. The molecule has 11 heteroatoms. The van der Waals surface area contributed by atoms with Gasteiger partial charge in [-0.05, 0) is 29.8 Å². The van der Waals surface area contributed by atoms with Crippen LogP contribution in [-0.2, 0) is 10.9 Å². The average molecular weight is 418 g/mol. The van der Waals surface area contributed by atoms with E-state index in [0.717, 1.165) is 23.2 Å². The van der Waals surface area contributed by atoms with Gasteiger partial charge in [0.1, 0.15) is 11.5 Å². The van der Waals surface area contributed by atoms with Crippen LogP contribution in [0.1, 0.15) is 28.0 Å². The van der Waals surface area contributed by atoms with E-state index in [0.29, 0.717) is 18.8 Å². The van der Waals surface area contributed by atoms with E-state index in [2.05, 4.69) is 25.5 Å². The maximum absolute atomic E-state index is 13.1. The number of halogens is 3. The molecule has 4 rings (SSSR count). The highest BCUT2D eigenvalue weighted by Gasteiger charge is 2.35. The van der Waals surface area contributed by atoms with Gasteiger partial charge >= 0.3 is 6.18 Å². The van der Waals surface area contributed by atoms with Crippen molar-refractivity contribution in [3.05, 3.63) is 65.9 Å². The Morgan fingerprint density at radius 3 is 2.57 bits per heavy atom. The van der Waals surface area contributed by atoms with Crippen LogP contribution >= 0.6 is 0 Å². The summed E-state index contributed by atoms with van der Waals surface area (Å²) in [4.78, 5) is 20.9. The molecule has 1 saturated heterocycles. The summed E-state index contributed by atoms with van der Waals surface area (Å²) in [6.45, 7) is 2.01. The number of aromatic amines is 1. The number of hydrogen-bond donors (Lipinski definition) is 2. The summed E-state index contributed by atoms with van der Waals surface area (Å²) < 4.78 is 45.0. The largest absolute Gasteiger partial charge is 0.451 e. The zero-order valence-corrected chi connectivity index (χ0v) is 15.6. The number of carbonyl (C=O) groups excluding carboxylic acids is 1. The summed E-state index contributed by atoms with van der Waals surface area (Å²) in [6.07, 6.45) is -2.54. The summed E-state index contributed by atoms with van der Waals surface area (Å²) in [5.74, 6) is -2.15. The fourth-order valence-electron chi connectivity index (χ4n) is 3.08. The minimum absolute atomic E-state index is 0.103. The van der Waals surface area contributed by atoms with Crippen LogP contribution in [0.5, 0.6) is 0 Å². The normalized spacial score (nSPS) is 17.0. The number of amides is 1. The first-order chi connectivity index (χ1) is 14.4. The van der Waals surface area contributed by atoms with Crippen molar-refractivity contribution in [2.75, 3.05) is 24.6 Å². The van der Waals surface area contributed by atoms with Gasteiger partial charge in [-0.25, -0.2) is 9.97 Å². The van der Waals surface area contributed by atoms with Crippen molar-refractivity contribution in [2.45, 2.75) is 12.3 Å². The van der Waals surface area contributed by atoms with E-state index >= 15 is 0 Å². The number of hydrogen-bond acceptors (Lipinski definition) is 6. The predicted octanol–water partition coefficient (Wildman–Crippen LogP) is 2.86. The molecule has 1 amide bonds. The topological polar surface area (TPSA) is 96.0 Å². The number of alkyl halides is 3. The van der Waals surface area contributed by atoms with Crippen LogP contribution in [-0.4, -0.2) is 45.8 Å². The van der Waals surface area contributed by atoms with Crippen LogP contribution in [0.15, 0.2) is 48.8 Å².